The molecule has 7 fully saturated rings. The van der Waals surface area contributed by atoms with E-state index < -0.39 is 255 Å². The fraction of sp³-hybridized carbons (Fsp3) is 0.500. The topological polar surface area (TPSA) is 805 Å². The summed E-state index contributed by atoms with van der Waals surface area (Å²) in [5.74, 6) is 0.564. The molecule has 16 rings (SSSR count). The quantitative estimate of drug-likeness (QED) is 0.0158. The number of fused-ring (bicyclic) bond motifs is 6. The van der Waals surface area contributed by atoms with E-state index in [0.29, 0.717) is 29.1 Å². The van der Waals surface area contributed by atoms with Crippen molar-refractivity contribution in [3.8, 4) is 11.3 Å². The van der Waals surface area contributed by atoms with Crippen LogP contribution < -0.4 is 22.3 Å². The molecule has 6 saturated heterocycles. The minimum atomic E-state index is -6.01. The molecule has 1 aliphatic carbocycles. The van der Waals surface area contributed by atoms with Crippen molar-refractivity contribution in [3.63, 3.8) is 0 Å². The lowest BCUT2D eigenvalue weighted by Gasteiger charge is -2.34. The number of phosphoric acid groups is 12. The maximum Gasteiger partial charge on any atom is 0.490 e. The molecule has 3 aromatic heterocycles. The predicted molar refractivity (Wildman–Crippen MR) is 490 cm³/mol. The highest BCUT2D eigenvalue weighted by atomic mass is 31.3. The number of H-pyrrole nitrogens is 1. The Balaban J connectivity index is 0.000000175. The molecule has 4 aromatic carbocycles. The lowest BCUT2D eigenvalue weighted by Crippen LogP contribution is -2.54. The molecule has 0 radical (unpaired) electrons. The van der Waals surface area contributed by atoms with Crippen molar-refractivity contribution in [2.75, 3.05) is 39.6 Å². The zero-order chi connectivity index (χ0) is 106. The number of phosphoric ester groups is 6. The SMILES string of the molecule is CCCCC1OC2[C@@H](O1)[C@@H](COP(=O)(O)OP(=O)(O)OP(=O)(O)OP(=O)(O)OCC)O[C@H]2n1ccc(=O)[nH]c1=O.CCCOP(=O)(O)OP(=O)(O)OP(=O)(O)OP(=O)(O)OC[C@H]1O[C@@H](n2ccc3nc(-c4cccc(C)c4)cn3c2=O)C2OC(Cc3ccccc3)O[C@H]21.CCOP(=O)(O)OP(=O)(O)OP(=O)(O)OP(=O)(O)OC[C@H]1O[C@@H](N2C=C3C=C(c4ccc5ccccc5c4)OC3NC2=O)C2OC(C3CCCC3)O[C@H]21. The van der Waals surface area contributed by atoms with E-state index in [9.17, 15) is 133 Å². The van der Waals surface area contributed by atoms with Gasteiger partial charge in [-0.2, -0.15) is 38.8 Å². The fourth-order valence-electron chi connectivity index (χ4n) is 16.1. The van der Waals surface area contributed by atoms with Crippen LogP contribution in [-0.4, -0.2) is 219 Å². The van der Waals surface area contributed by atoms with Crippen LogP contribution in [0.3, 0.4) is 0 Å². The number of nitrogens with one attached hydrogen (secondary N) is 2. The largest absolute Gasteiger partial charge is 0.490 e. The Morgan fingerprint density at radius 1 is 0.445 bits per heavy atom. The Hall–Kier alpha value is -5.89. The summed E-state index contributed by atoms with van der Waals surface area (Å²) in [5.41, 5.74) is 2.85. The van der Waals surface area contributed by atoms with Crippen LogP contribution >= 0.6 is 93.9 Å². The number of hydrogen-bond acceptors (Lipinski definition) is 42. The van der Waals surface area contributed by atoms with Gasteiger partial charge in [0.25, 0.3) is 5.56 Å². The van der Waals surface area contributed by atoms with E-state index in [4.69, 9.17) is 60.9 Å². The number of ether oxygens (including phenoxy) is 10. The second kappa shape index (κ2) is 47.2. The number of benzene rings is 4. The highest BCUT2D eigenvalue weighted by Gasteiger charge is 2.61. The first-order valence-corrected chi connectivity index (χ1v) is 61.7. The van der Waals surface area contributed by atoms with Gasteiger partial charge in [0.15, 0.2) is 37.6 Å². The Morgan fingerprint density at radius 3 is 1.44 bits per heavy atom. The highest BCUT2D eigenvalue weighted by molar-refractivity contribution is 7.71. The van der Waals surface area contributed by atoms with E-state index >= 15 is 0 Å². The zero-order valence-electron chi connectivity index (χ0n) is 76.4. The molecule has 7 aromatic rings. The average molecular weight is 2310 g/mol. The van der Waals surface area contributed by atoms with Crippen LogP contribution in [0.5, 0.6) is 0 Å². The summed E-state index contributed by atoms with van der Waals surface area (Å²) in [6.07, 6.45) is -2.55. The van der Waals surface area contributed by atoms with Crippen LogP contribution in [0.15, 0.2) is 160 Å². The second-order valence-corrected chi connectivity index (χ2v) is 51.3. The van der Waals surface area contributed by atoms with E-state index in [1.165, 1.54) is 40.8 Å². The monoisotopic (exact) mass is 2310 g/mol. The molecular formula is C74H99N7O53P12. The van der Waals surface area contributed by atoms with Crippen LogP contribution in [0, 0.1) is 12.8 Å². The van der Waals surface area contributed by atoms with E-state index in [1.54, 1.807) is 24.5 Å². The first kappa shape index (κ1) is 116. The van der Waals surface area contributed by atoms with Gasteiger partial charge in [0, 0.05) is 59.9 Å². The maximum atomic E-state index is 13.8. The van der Waals surface area contributed by atoms with Crippen molar-refractivity contribution in [2.45, 2.75) is 191 Å². The number of rotatable bonds is 45. The maximum absolute atomic E-state index is 13.8. The van der Waals surface area contributed by atoms with Gasteiger partial charge >= 0.3 is 111 Å². The third-order valence-electron chi connectivity index (χ3n) is 21.8. The molecule has 19 unspecified atom stereocenters. The summed E-state index contributed by atoms with van der Waals surface area (Å²) in [6.45, 7) is 3.99. The van der Waals surface area contributed by atoms with Gasteiger partial charge < -0.3 is 106 Å². The number of hydrogen-bond donors (Lipinski definition) is 14. The summed E-state index contributed by atoms with van der Waals surface area (Å²) in [7, 11) is -68.1. The number of urea groups is 1. The molecule has 0 bridgehead atoms. The van der Waals surface area contributed by atoms with Crippen molar-refractivity contribution >= 4 is 122 Å². The van der Waals surface area contributed by atoms with Gasteiger partial charge in [-0.3, -0.25) is 60.7 Å². The van der Waals surface area contributed by atoms with Gasteiger partial charge in [0.05, 0.1) is 45.3 Å². The molecule has 14 N–H and O–H groups in total. The smallest absolute Gasteiger partial charge is 0.466 e. The standard InChI is InChI=1S/C29H35N3O17P4.C29H36N2O18P4.C16H28N2O18P4/c1-3-14-42-50(34,35)47-52(38,39)49-53(40,41)48-51(36,37)43-18-23-26-27(46-25(45-26)16-20-9-5-4-6-10-20)28(44-23)31-13-12-24-30-22(17-32(24)29(31)33)21-11-7-8-19(2)15-21;1-2-41-50(33,34)47-52(37,38)49-53(39,40)48-51(35,36)42-16-23-24-25(46-28(45-24)18-8-4-5-9-18)27(44-23)31-15-21-14-22(43-26(21)30-29(31)32)20-12-11-17-7-3-6-10-19(17)13-20;1-3-5-6-12-32-13-10(31-15(14(13)33-12)18-8-7-11(19)17-16(18)20)9-30-38(23,24)35-40(27,28)36-39(25,26)34-37(21,22)29-4-2/h4-13,15,17,23,25-28H,3,14,16,18H2,1-2H3,(H,34,35)(H,36,37)(H,38,39)(H,40,41);3,6-7,10-15,18,23-28H,2,4-5,8-9,16H2,1H3,(H,30,32)(H,33,34)(H,35,36)(H,37,38)(H,39,40);7-8,10,12-15H,3-6,9H2,1-2H3,(H,21,22)(H,23,24)(H,25,26)(H,27,28)(H,17,19,20)/t23-,25?,26+,27?,28-;23-,24+,25?,26?,27-,28?;10-,12?,13+,14?,15-/m111/s1. The minimum absolute atomic E-state index is 0.0365. The third-order valence-corrected chi connectivity index (χ3v) is 39.8. The molecule has 146 heavy (non-hydrogen) atoms. The molecule has 60 nitrogen and oxygen atoms in total. The number of aryl methyl sites for hydroxylation is 1. The molecule has 28 atom stereocenters. The van der Waals surface area contributed by atoms with Crippen LogP contribution in [0.2, 0.25) is 0 Å². The van der Waals surface area contributed by atoms with Crippen molar-refractivity contribution in [1.29, 1.82) is 0 Å². The number of carbonyl (C=O) groups is 1. The van der Waals surface area contributed by atoms with E-state index in [2.05, 4.69) is 62.7 Å². The van der Waals surface area contributed by atoms with Crippen molar-refractivity contribution < 1.29 is 232 Å². The lowest BCUT2D eigenvalue weighted by atomic mass is 10.1. The molecule has 2 amide bonds. The summed E-state index contributed by atoms with van der Waals surface area (Å²) < 4.78 is 272. The Bertz CT molecular complexity index is 6790. The van der Waals surface area contributed by atoms with Gasteiger partial charge in [-0.05, 0) is 93.5 Å². The zero-order valence-corrected chi connectivity index (χ0v) is 87.1. The Kier molecular flexibility index (Phi) is 37.4. The Morgan fingerprint density at radius 2 is 0.911 bits per heavy atom. The Labute approximate surface area is 825 Å². The van der Waals surface area contributed by atoms with Crippen LogP contribution in [-0.2, 0) is 175 Å². The van der Waals surface area contributed by atoms with E-state index in [0.717, 1.165) is 88.4 Å². The number of aromatic nitrogens is 5. The molecule has 8 aliphatic heterocycles. The van der Waals surface area contributed by atoms with Crippen molar-refractivity contribution in [3.05, 3.63) is 194 Å². The van der Waals surface area contributed by atoms with Crippen molar-refractivity contribution in [2.24, 2.45) is 5.92 Å². The second-order valence-electron chi connectivity index (χ2n) is 32.6. The van der Waals surface area contributed by atoms with E-state index in [1.807, 2.05) is 116 Å². The van der Waals surface area contributed by atoms with Gasteiger partial charge in [0.2, 0.25) is 6.23 Å². The number of amides is 2. The third kappa shape index (κ3) is 30.8. The summed E-state index contributed by atoms with van der Waals surface area (Å²) in [5, 5.41) is 4.84. The summed E-state index contributed by atoms with van der Waals surface area (Å²) >= 11 is 0. The molecule has 9 aliphatic rings. The number of nitrogens with zero attached hydrogens (tertiary/aromatic N) is 5. The van der Waals surface area contributed by atoms with E-state index in [-0.39, 0.29) is 18.8 Å². The predicted octanol–water partition coefficient (Wildman–Crippen LogP) is 10.8. The molecule has 1 saturated carbocycles. The van der Waals surface area contributed by atoms with Gasteiger partial charge in [-0.1, -0.05) is 124 Å². The molecule has 808 valence electrons. The fourth-order valence-corrected chi connectivity index (χ4v) is 31.0. The number of unbranched alkanes of at least 4 members (excludes halogenated alkanes) is 1. The van der Waals surface area contributed by atoms with Crippen LogP contribution in [0.1, 0.15) is 108 Å². The normalized spacial score (nSPS) is 29.3. The minimum Gasteiger partial charge on any atom is -0.466 e. The molecule has 72 heteroatoms. The highest BCUT2D eigenvalue weighted by Crippen LogP contribution is 2.75. The van der Waals surface area contributed by atoms with Gasteiger partial charge in [-0.25, -0.2) is 74.1 Å². The molecule has 11 heterocycles. The molecular weight excluding hydrogens is 2210 g/mol. The first-order valence-electron chi connectivity index (χ1n) is 43.7. The number of aromatic amines is 1. The first-order chi connectivity index (χ1) is 68.4. The summed E-state index contributed by atoms with van der Waals surface area (Å²) in [6, 6.07) is 32.5. The van der Waals surface area contributed by atoms with Crippen LogP contribution in [0.4, 0.5) is 4.79 Å². The summed E-state index contributed by atoms with van der Waals surface area (Å²) in [4.78, 5) is 176. The van der Waals surface area contributed by atoms with Crippen LogP contribution in [0.25, 0.3) is 33.4 Å². The van der Waals surface area contributed by atoms with Gasteiger partial charge in [0.1, 0.15) is 66.3 Å². The van der Waals surface area contributed by atoms with Gasteiger partial charge in [-0.15, -0.1) is 0 Å². The average Bonchev–Trinajstić information content (AvgIpc) is 1.61. The van der Waals surface area contributed by atoms with Crippen molar-refractivity contribution in [1.82, 2.24) is 33.7 Å². The number of carbonyl (C=O) groups excluding carboxylic acids is 1. The lowest BCUT2D eigenvalue weighted by molar-refractivity contribution is -0.171. The molecule has 0 spiro atoms. The number of imidazole rings is 1.